The van der Waals surface area contributed by atoms with Gasteiger partial charge in [-0.2, -0.15) is 0 Å². The molecule has 0 amide bonds. The zero-order valence-corrected chi connectivity index (χ0v) is 10.8. The number of carbonyl (C=O) groups is 2. The Morgan fingerprint density at radius 2 is 2.12 bits per heavy atom. The summed E-state index contributed by atoms with van der Waals surface area (Å²) in [5, 5.41) is 0.167. The molecule has 17 heavy (non-hydrogen) atoms. The predicted octanol–water partition coefficient (Wildman–Crippen LogP) is 1.39. The van der Waals surface area contributed by atoms with E-state index < -0.39 is 23.1 Å². The van der Waals surface area contributed by atoms with Crippen molar-refractivity contribution >= 4 is 23.4 Å². The Hall–Kier alpha value is -0.910. The third-order valence-corrected chi connectivity index (χ3v) is 2.39. The lowest BCUT2D eigenvalue weighted by Crippen LogP contribution is -2.58. The molecule has 0 saturated carbocycles. The smallest absolute Gasteiger partial charge is 0.346 e. The number of Topliss-reactive ketones (excluding diaryl/α,β-unsaturated/α-hetero) is 1. The molecular formula is C11H15ClO5. The largest absolute Gasteiger partial charge is 0.457 e. The molecule has 0 aromatic heterocycles. The Bertz CT molecular complexity index is 363. The van der Waals surface area contributed by atoms with Gasteiger partial charge in [0.1, 0.15) is 13.2 Å². The summed E-state index contributed by atoms with van der Waals surface area (Å²) >= 11 is 5.48. The summed E-state index contributed by atoms with van der Waals surface area (Å²) in [6, 6.07) is 0. The molecule has 1 unspecified atom stereocenters. The molecule has 0 aromatic carbocycles. The molecule has 1 rings (SSSR count). The van der Waals surface area contributed by atoms with Crippen molar-refractivity contribution < 1.29 is 23.8 Å². The van der Waals surface area contributed by atoms with E-state index in [2.05, 4.69) is 6.58 Å². The minimum Gasteiger partial charge on any atom is -0.457 e. The Morgan fingerprint density at radius 1 is 1.53 bits per heavy atom. The van der Waals surface area contributed by atoms with Crippen molar-refractivity contribution in [1.82, 2.24) is 0 Å². The van der Waals surface area contributed by atoms with Crippen molar-refractivity contribution in [2.45, 2.75) is 32.2 Å². The van der Waals surface area contributed by atoms with E-state index in [0.29, 0.717) is 0 Å². The fourth-order valence-electron chi connectivity index (χ4n) is 1.39. The van der Waals surface area contributed by atoms with Gasteiger partial charge < -0.3 is 14.2 Å². The summed E-state index contributed by atoms with van der Waals surface area (Å²) in [6.45, 7) is 7.62. The van der Waals surface area contributed by atoms with Crippen LogP contribution in [0.5, 0.6) is 0 Å². The van der Waals surface area contributed by atoms with E-state index in [-0.39, 0.29) is 18.2 Å². The minimum absolute atomic E-state index is 0.159. The monoisotopic (exact) mass is 262 g/mol. The summed E-state index contributed by atoms with van der Waals surface area (Å²) in [5.41, 5.74) is -1.66. The van der Waals surface area contributed by atoms with Crippen LogP contribution in [-0.2, 0) is 23.8 Å². The Morgan fingerprint density at radius 3 is 2.65 bits per heavy atom. The van der Waals surface area contributed by atoms with Crippen molar-refractivity contribution in [2.75, 3.05) is 13.2 Å². The fourth-order valence-corrected chi connectivity index (χ4v) is 1.45. The van der Waals surface area contributed by atoms with Crippen molar-refractivity contribution in [3.05, 3.63) is 11.6 Å². The molecule has 0 radical (unpaired) electrons. The molecule has 5 nitrogen and oxygen atoms in total. The van der Waals surface area contributed by atoms with E-state index in [1.165, 1.54) is 6.92 Å². The van der Waals surface area contributed by atoms with Crippen molar-refractivity contribution in [2.24, 2.45) is 0 Å². The van der Waals surface area contributed by atoms with Gasteiger partial charge in [-0.25, -0.2) is 4.79 Å². The number of hydrogen-bond donors (Lipinski definition) is 0. The molecule has 6 heteroatoms. The maximum Gasteiger partial charge on any atom is 0.346 e. The Balaban J connectivity index is 2.80. The van der Waals surface area contributed by atoms with Gasteiger partial charge in [0.25, 0.3) is 0 Å². The maximum absolute atomic E-state index is 11.8. The second kappa shape index (κ2) is 4.76. The highest BCUT2D eigenvalue weighted by molar-refractivity contribution is 6.29. The van der Waals surface area contributed by atoms with Crippen LogP contribution < -0.4 is 0 Å². The number of esters is 1. The first kappa shape index (κ1) is 14.2. The number of rotatable bonds is 3. The molecule has 0 aromatic rings. The van der Waals surface area contributed by atoms with E-state index in [0.717, 1.165) is 0 Å². The summed E-state index contributed by atoms with van der Waals surface area (Å²) in [5.74, 6) is -2.29. The van der Waals surface area contributed by atoms with Crippen LogP contribution in [-0.4, -0.2) is 36.4 Å². The predicted molar refractivity (Wildman–Crippen MR) is 60.5 cm³/mol. The van der Waals surface area contributed by atoms with Gasteiger partial charge in [-0.1, -0.05) is 18.2 Å². The quantitative estimate of drug-likeness (QED) is 0.568. The molecule has 0 spiro atoms. The lowest BCUT2D eigenvalue weighted by molar-refractivity contribution is -0.283. The first-order chi connectivity index (χ1) is 7.67. The van der Waals surface area contributed by atoms with Gasteiger partial charge in [-0.05, 0) is 20.8 Å². The SMILES string of the molecule is C=C(Cl)COC(=O)C1(C)OC(C)(C)OCC1=O. The highest BCUT2D eigenvalue weighted by Crippen LogP contribution is 2.29. The number of ketones is 1. The van der Waals surface area contributed by atoms with Gasteiger partial charge in [-0.3, -0.25) is 4.79 Å². The highest BCUT2D eigenvalue weighted by atomic mass is 35.5. The van der Waals surface area contributed by atoms with Crippen LogP contribution in [0.25, 0.3) is 0 Å². The van der Waals surface area contributed by atoms with Crippen molar-refractivity contribution in [3.8, 4) is 0 Å². The summed E-state index contributed by atoms with van der Waals surface area (Å²) in [4.78, 5) is 23.5. The average molecular weight is 263 g/mol. The van der Waals surface area contributed by atoms with Gasteiger partial charge in [-0.15, -0.1) is 0 Å². The van der Waals surface area contributed by atoms with Crippen LogP contribution >= 0.6 is 11.6 Å². The van der Waals surface area contributed by atoms with Gasteiger partial charge in [0, 0.05) is 5.03 Å². The Kier molecular flexibility index (Phi) is 3.96. The zero-order valence-electron chi connectivity index (χ0n) is 10.0. The second-order valence-corrected chi connectivity index (χ2v) is 4.87. The molecule has 1 saturated heterocycles. The standard InChI is InChI=1S/C11H15ClO5/c1-7(12)5-15-9(14)11(4)8(13)6-16-10(2,3)17-11/h1,5-6H2,2-4H3. The van der Waals surface area contributed by atoms with Crippen molar-refractivity contribution in [1.29, 1.82) is 0 Å². The number of halogens is 1. The zero-order chi connectivity index (χ0) is 13.3. The second-order valence-electron chi connectivity index (χ2n) is 4.34. The van der Waals surface area contributed by atoms with Crippen LogP contribution in [0.4, 0.5) is 0 Å². The Labute approximate surface area is 105 Å². The van der Waals surface area contributed by atoms with Gasteiger partial charge in [0.15, 0.2) is 5.79 Å². The van der Waals surface area contributed by atoms with Crippen LogP contribution in [0.1, 0.15) is 20.8 Å². The van der Waals surface area contributed by atoms with Crippen LogP contribution in [0.2, 0.25) is 0 Å². The summed E-state index contributed by atoms with van der Waals surface area (Å²) in [7, 11) is 0. The third-order valence-electron chi connectivity index (χ3n) is 2.28. The van der Waals surface area contributed by atoms with Gasteiger partial charge in [0.2, 0.25) is 11.4 Å². The highest BCUT2D eigenvalue weighted by Gasteiger charge is 2.51. The van der Waals surface area contributed by atoms with E-state index >= 15 is 0 Å². The van der Waals surface area contributed by atoms with Gasteiger partial charge in [0.05, 0.1) is 0 Å². The summed E-state index contributed by atoms with van der Waals surface area (Å²) < 4.78 is 15.3. The fraction of sp³-hybridized carbons (Fsp3) is 0.636. The van der Waals surface area contributed by atoms with E-state index in [1.54, 1.807) is 13.8 Å². The van der Waals surface area contributed by atoms with Crippen LogP contribution in [0, 0.1) is 0 Å². The molecule has 1 atom stereocenters. The molecule has 1 fully saturated rings. The molecule has 0 bridgehead atoms. The normalized spacial score (nSPS) is 27.6. The number of carbonyl (C=O) groups excluding carboxylic acids is 2. The molecule has 1 aliphatic heterocycles. The summed E-state index contributed by atoms with van der Waals surface area (Å²) in [6.07, 6.45) is 0. The molecular weight excluding hydrogens is 248 g/mol. The van der Waals surface area contributed by atoms with E-state index in [4.69, 9.17) is 25.8 Å². The lowest BCUT2D eigenvalue weighted by atomic mass is 9.99. The van der Waals surface area contributed by atoms with E-state index in [9.17, 15) is 9.59 Å². The maximum atomic E-state index is 11.8. The first-order valence-electron chi connectivity index (χ1n) is 5.05. The molecule has 1 heterocycles. The van der Waals surface area contributed by atoms with Crippen LogP contribution in [0.3, 0.4) is 0 Å². The third kappa shape index (κ3) is 3.28. The lowest BCUT2D eigenvalue weighted by Gasteiger charge is -2.39. The first-order valence-corrected chi connectivity index (χ1v) is 5.43. The van der Waals surface area contributed by atoms with E-state index in [1.807, 2.05) is 0 Å². The number of ether oxygens (including phenoxy) is 3. The molecule has 0 N–H and O–H groups in total. The topological polar surface area (TPSA) is 61.8 Å². The molecule has 96 valence electrons. The van der Waals surface area contributed by atoms with Gasteiger partial charge >= 0.3 is 5.97 Å². The molecule has 1 aliphatic rings. The average Bonchev–Trinajstić information content (AvgIpc) is 2.20. The minimum atomic E-state index is -1.66. The van der Waals surface area contributed by atoms with Crippen LogP contribution in [0.15, 0.2) is 11.6 Å². The van der Waals surface area contributed by atoms with Crippen molar-refractivity contribution in [3.63, 3.8) is 0 Å². The number of hydrogen-bond acceptors (Lipinski definition) is 5. The molecule has 0 aliphatic carbocycles.